The molecule has 0 aromatic heterocycles. The molecule has 1 aliphatic carbocycles. The van der Waals surface area contributed by atoms with Crippen molar-refractivity contribution < 1.29 is 46.5 Å². The maximum absolute atomic E-state index is 6.94. The van der Waals surface area contributed by atoms with Crippen LogP contribution in [-0.2, 0) is 28.1 Å². The molecule has 0 saturated carbocycles. The van der Waals surface area contributed by atoms with Crippen molar-refractivity contribution in [2.45, 2.75) is 32.7 Å². The van der Waals surface area contributed by atoms with Crippen LogP contribution in [0.2, 0.25) is 0 Å². The molecular weight excluding hydrogens is 337 g/mol. The second-order valence-corrected chi connectivity index (χ2v) is 5.65. The second-order valence-electron chi connectivity index (χ2n) is 5.65. The summed E-state index contributed by atoms with van der Waals surface area (Å²) in [6, 6.07) is 18.1. The summed E-state index contributed by atoms with van der Waals surface area (Å²) >= 11 is 0. The van der Waals surface area contributed by atoms with Gasteiger partial charge in [-0.15, -0.1) is 11.1 Å². The summed E-state index contributed by atoms with van der Waals surface area (Å²) in [4.78, 5) is 0. The van der Waals surface area contributed by atoms with Gasteiger partial charge in [0.2, 0.25) is 0 Å². The zero-order valence-corrected chi connectivity index (χ0v) is 15.6. The van der Waals surface area contributed by atoms with Crippen LogP contribution in [0, 0.1) is 6.07 Å². The van der Waals surface area contributed by atoms with Crippen molar-refractivity contribution in [1.82, 2.24) is 0 Å². The summed E-state index contributed by atoms with van der Waals surface area (Å²) < 4.78 is 0. The summed E-state index contributed by atoms with van der Waals surface area (Å²) in [7, 11) is 0. The van der Waals surface area contributed by atoms with Gasteiger partial charge in [0.15, 0.2) is 0 Å². The Morgan fingerprint density at radius 2 is 1.48 bits per heavy atom. The number of benzene rings is 2. The summed E-state index contributed by atoms with van der Waals surface area (Å²) in [5.41, 5.74) is 12.2. The third-order valence-corrected chi connectivity index (χ3v) is 2.62. The Kier molecular flexibility index (Phi) is 10.6. The van der Waals surface area contributed by atoms with Crippen LogP contribution < -0.4 is 24.8 Å². The molecule has 21 heavy (non-hydrogen) atoms. The largest absolute Gasteiger partial charge is 4.00 e. The minimum absolute atomic E-state index is 0. The van der Waals surface area contributed by atoms with Gasteiger partial charge in [-0.3, -0.25) is 0 Å². The fraction of sp³-hybridized carbons (Fsp3) is 0.294. The van der Waals surface area contributed by atoms with E-state index in [1.165, 1.54) is 22.3 Å². The zero-order chi connectivity index (χ0) is 13.2. The molecule has 1 aliphatic rings. The van der Waals surface area contributed by atoms with E-state index in [9.17, 15) is 0 Å². The number of hydrogen-bond acceptors (Lipinski definition) is 0. The Balaban J connectivity index is 0. The normalized spacial score (nSPS) is 10.5. The van der Waals surface area contributed by atoms with E-state index in [2.05, 4.69) is 42.5 Å². The Labute approximate surface area is 155 Å². The molecule has 3 rings (SSSR count). The van der Waals surface area contributed by atoms with E-state index in [0.717, 1.165) is 6.42 Å². The zero-order valence-electron chi connectivity index (χ0n) is 12.5. The van der Waals surface area contributed by atoms with Crippen molar-refractivity contribution in [3.05, 3.63) is 65.4 Å². The molecule has 4 heteroatoms. The van der Waals surface area contributed by atoms with E-state index >= 15 is 0 Å². The van der Waals surface area contributed by atoms with Crippen LogP contribution in [0.1, 0.15) is 31.9 Å². The van der Waals surface area contributed by atoms with Crippen LogP contribution in [0.25, 0.3) is 16.9 Å². The molecule has 0 spiro atoms. The van der Waals surface area contributed by atoms with E-state index in [-0.39, 0.29) is 52.1 Å². The Morgan fingerprint density at radius 1 is 0.952 bits per heavy atom. The number of hydrogen-bond donors (Lipinski definition) is 0. The average molecular weight is 356 g/mol. The Bertz CT molecular complexity index is 501. The molecule has 0 bridgehead atoms. The first kappa shape index (κ1) is 23.0. The van der Waals surface area contributed by atoms with Gasteiger partial charge in [0.1, 0.15) is 0 Å². The van der Waals surface area contributed by atoms with Gasteiger partial charge in [0, 0.05) is 0 Å². The summed E-state index contributed by atoms with van der Waals surface area (Å²) in [5, 5.41) is 0. The van der Waals surface area contributed by atoms with Gasteiger partial charge in [-0.1, -0.05) is 56.2 Å². The van der Waals surface area contributed by atoms with Gasteiger partial charge in [0.05, 0.1) is 0 Å². The first-order valence-corrected chi connectivity index (χ1v) is 6.28. The molecule has 2 aromatic rings. The first-order valence-electron chi connectivity index (χ1n) is 6.28. The molecule has 1 nitrogen and oxygen atoms in total. The van der Waals surface area contributed by atoms with Crippen LogP contribution in [0.15, 0.2) is 42.5 Å². The second kappa shape index (κ2) is 9.66. The van der Waals surface area contributed by atoms with Crippen LogP contribution in [0.5, 0.6) is 0 Å². The first-order chi connectivity index (χ1) is 8.45. The molecule has 0 saturated heterocycles. The van der Waals surface area contributed by atoms with E-state index in [0.29, 0.717) is 0 Å². The van der Waals surface area contributed by atoms with Crippen LogP contribution in [0.4, 0.5) is 0 Å². The van der Waals surface area contributed by atoms with Crippen molar-refractivity contribution in [2.24, 2.45) is 0 Å². The van der Waals surface area contributed by atoms with Crippen molar-refractivity contribution in [2.75, 3.05) is 0 Å². The van der Waals surface area contributed by atoms with Crippen molar-refractivity contribution in [3.63, 3.8) is 0 Å². The quantitative estimate of drug-likeness (QED) is 0.361. The monoisotopic (exact) mass is 355 g/mol. The molecule has 0 unspecified atom stereocenters. The number of fused-ring (bicyclic) bond motifs is 3. The number of rotatable bonds is 0. The topological polar surface area (TPSA) is 23.8 Å². The molecule has 1 N–H and O–H groups in total. The molecule has 0 fully saturated rings. The fourth-order valence-corrected chi connectivity index (χ4v) is 2.00. The standard InChI is InChI=1S/C13H9.C4H10N.2ClH.Ti/c1-3-7-12-10(5-1)9-11-6-2-4-8-13(11)12;1-4(2,3)5;;;/h1-5,7-8H,9H2;5H,1-3H3;2*1H;/q2*-1;;;+4/p-2. The van der Waals surface area contributed by atoms with Gasteiger partial charge in [0.25, 0.3) is 0 Å². The molecule has 0 aliphatic heterocycles. The van der Waals surface area contributed by atoms with Gasteiger partial charge < -0.3 is 30.5 Å². The average Bonchev–Trinajstić information content (AvgIpc) is 2.65. The van der Waals surface area contributed by atoms with Crippen LogP contribution in [0.3, 0.4) is 0 Å². The van der Waals surface area contributed by atoms with E-state index in [1.807, 2.05) is 26.8 Å². The smallest absolute Gasteiger partial charge is 1.00 e. The minimum atomic E-state index is -0.250. The molecule has 2 aromatic carbocycles. The summed E-state index contributed by atoms with van der Waals surface area (Å²) in [6.07, 6.45) is 1.05. The van der Waals surface area contributed by atoms with Crippen molar-refractivity contribution in [3.8, 4) is 11.1 Å². The van der Waals surface area contributed by atoms with Crippen LogP contribution >= 0.6 is 0 Å². The van der Waals surface area contributed by atoms with Gasteiger partial charge in [-0.2, -0.15) is 29.8 Å². The minimum Gasteiger partial charge on any atom is -1.00 e. The molecule has 110 valence electrons. The summed E-state index contributed by atoms with van der Waals surface area (Å²) in [5.74, 6) is 0. The van der Waals surface area contributed by atoms with Gasteiger partial charge in [-0.05, 0) is 6.42 Å². The summed E-state index contributed by atoms with van der Waals surface area (Å²) in [6.45, 7) is 5.56. The molecule has 0 radical (unpaired) electrons. The van der Waals surface area contributed by atoms with Crippen molar-refractivity contribution >= 4 is 0 Å². The molecule has 0 heterocycles. The molecule has 0 amide bonds. The number of halogens is 2. The Hall–Kier alpha value is -0.306. The third kappa shape index (κ3) is 6.99. The predicted molar refractivity (Wildman–Crippen MR) is 77.6 cm³/mol. The van der Waals surface area contributed by atoms with E-state index in [1.54, 1.807) is 0 Å². The van der Waals surface area contributed by atoms with Crippen molar-refractivity contribution in [1.29, 1.82) is 0 Å². The maximum Gasteiger partial charge on any atom is 4.00 e. The van der Waals surface area contributed by atoms with E-state index < -0.39 is 0 Å². The molecule has 0 atom stereocenters. The molecular formula is C17H19Cl2NTi. The fourth-order valence-electron chi connectivity index (χ4n) is 2.00. The van der Waals surface area contributed by atoms with Gasteiger partial charge in [-0.25, -0.2) is 0 Å². The number of nitrogens with one attached hydrogen (secondary N) is 1. The maximum atomic E-state index is 6.94. The third-order valence-electron chi connectivity index (χ3n) is 2.62. The van der Waals surface area contributed by atoms with Crippen LogP contribution in [-0.4, -0.2) is 5.54 Å². The van der Waals surface area contributed by atoms with Gasteiger partial charge >= 0.3 is 21.7 Å². The Morgan fingerprint density at radius 3 is 2.10 bits per heavy atom. The predicted octanol–water partition coefficient (Wildman–Crippen LogP) is -1.10. The SMILES string of the molecule is CC(C)(C)[NH-].[Cl-].[Cl-].[Ti+4].[c-]1cccc2c1Cc1ccccc1-2. The van der Waals surface area contributed by atoms with E-state index in [4.69, 9.17) is 5.73 Å².